The number of nitrogens with one attached hydrogen (secondary N) is 2. The molecule has 0 unspecified atom stereocenters. The standard InChI is InChI=1S/C21H24N6O2/c1-25-20(26-11-5-6-12-26)18(15-22-25)19(28)23-17-9-13-27(14-10-17)21(29)24-16-7-3-2-4-8-16/h2-8,11-12,15,17H,9-10,13-14H2,1H3,(H,23,28)(H,24,29). The van der Waals surface area contributed by atoms with Gasteiger partial charge in [-0.05, 0) is 37.1 Å². The molecule has 1 fully saturated rings. The molecular weight excluding hydrogens is 368 g/mol. The van der Waals surface area contributed by atoms with Crippen LogP contribution < -0.4 is 10.6 Å². The first-order chi connectivity index (χ1) is 14.1. The Balaban J connectivity index is 1.33. The normalized spacial score (nSPS) is 14.6. The maximum atomic E-state index is 12.8. The van der Waals surface area contributed by atoms with E-state index in [1.807, 2.05) is 66.5 Å². The molecule has 150 valence electrons. The first kappa shape index (κ1) is 18.8. The molecule has 1 aromatic carbocycles. The van der Waals surface area contributed by atoms with E-state index in [2.05, 4.69) is 15.7 Å². The number of aryl methyl sites for hydroxylation is 1. The SMILES string of the molecule is Cn1ncc(C(=O)NC2CCN(C(=O)Nc3ccccc3)CC2)c1-n1cccc1. The lowest BCUT2D eigenvalue weighted by atomic mass is 10.0. The monoisotopic (exact) mass is 392 g/mol. The van der Waals surface area contributed by atoms with Gasteiger partial charge in [0.2, 0.25) is 0 Å². The van der Waals surface area contributed by atoms with Crippen molar-refractivity contribution < 1.29 is 9.59 Å². The lowest BCUT2D eigenvalue weighted by molar-refractivity contribution is 0.0919. The zero-order valence-corrected chi connectivity index (χ0v) is 16.3. The molecule has 0 radical (unpaired) electrons. The minimum Gasteiger partial charge on any atom is -0.349 e. The van der Waals surface area contributed by atoms with Crippen LogP contribution in [0.2, 0.25) is 0 Å². The maximum Gasteiger partial charge on any atom is 0.321 e. The van der Waals surface area contributed by atoms with Gasteiger partial charge in [-0.15, -0.1) is 0 Å². The number of likely N-dealkylation sites (tertiary alicyclic amines) is 1. The van der Waals surface area contributed by atoms with E-state index >= 15 is 0 Å². The van der Waals surface area contributed by atoms with E-state index in [1.54, 1.807) is 15.8 Å². The number of piperidine rings is 1. The molecule has 8 nitrogen and oxygen atoms in total. The van der Waals surface area contributed by atoms with E-state index in [4.69, 9.17) is 0 Å². The molecule has 0 aliphatic carbocycles. The first-order valence-corrected chi connectivity index (χ1v) is 9.69. The second-order valence-corrected chi connectivity index (χ2v) is 7.13. The summed E-state index contributed by atoms with van der Waals surface area (Å²) >= 11 is 0. The molecule has 2 N–H and O–H groups in total. The van der Waals surface area contributed by atoms with Gasteiger partial charge in [-0.25, -0.2) is 4.79 Å². The average molecular weight is 392 g/mol. The van der Waals surface area contributed by atoms with Crippen molar-refractivity contribution in [3.63, 3.8) is 0 Å². The molecule has 3 aromatic rings. The van der Waals surface area contributed by atoms with E-state index in [-0.39, 0.29) is 18.0 Å². The van der Waals surface area contributed by atoms with Gasteiger partial charge in [0.15, 0.2) is 0 Å². The van der Waals surface area contributed by atoms with Crippen molar-refractivity contribution >= 4 is 17.6 Å². The Bertz CT molecular complexity index is 972. The molecular formula is C21H24N6O2. The summed E-state index contributed by atoms with van der Waals surface area (Å²) in [5.74, 6) is 0.584. The number of hydrogen-bond acceptors (Lipinski definition) is 3. The predicted molar refractivity (Wildman–Crippen MR) is 110 cm³/mol. The molecule has 1 aliphatic rings. The molecule has 0 bridgehead atoms. The minimum atomic E-state index is -0.144. The highest BCUT2D eigenvalue weighted by Gasteiger charge is 2.26. The van der Waals surface area contributed by atoms with Gasteiger partial charge in [0, 0.05) is 44.3 Å². The van der Waals surface area contributed by atoms with Gasteiger partial charge in [-0.3, -0.25) is 9.48 Å². The number of benzene rings is 1. The Labute approximate surface area is 169 Å². The lowest BCUT2D eigenvalue weighted by Gasteiger charge is -2.32. The highest BCUT2D eigenvalue weighted by Crippen LogP contribution is 2.17. The zero-order chi connectivity index (χ0) is 20.2. The van der Waals surface area contributed by atoms with Crippen molar-refractivity contribution in [1.82, 2.24) is 24.6 Å². The third-order valence-corrected chi connectivity index (χ3v) is 5.14. The van der Waals surface area contributed by atoms with Gasteiger partial charge in [0.1, 0.15) is 11.4 Å². The van der Waals surface area contributed by atoms with Crippen LogP contribution in [0.1, 0.15) is 23.2 Å². The van der Waals surface area contributed by atoms with Gasteiger partial charge < -0.3 is 20.1 Å². The fourth-order valence-corrected chi connectivity index (χ4v) is 3.59. The summed E-state index contributed by atoms with van der Waals surface area (Å²) in [5.41, 5.74) is 1.31. The number of nitrogens with zero attached hydrogens (tertiary/aromatic N) is 4. The van der Waals surface area contributed by atoms with Gasteiger partial charge in [0.25, 0.3) is 5.91 Å². The molecule has 1 saturated heterocycles. The predicted octanol–water partition coefficient (Wildman–Crippen LogP) is 2.64. The van der Waals surface area contributed by atoms with Crippen LogP contribution >= 0.6 is 0 Å². The van der Waals surface area contributed by atoms with Crippen LogP contribution in [0.4, 0.5) is 10.5 Å². The third-order valence-electron chi connectivity index (χ3n) is 5.14. The van der Waals surface area contributed by atoms with Gasteiger partial charge in [-0.2, -0.15) is 5.10 Å². The van der Waals surface area contributed by atoms with Crippen molar-refractivity contribution in [2.45, 2.75) is 18.9 Å². The van der Waals surface area contributed by atoms with E-state index in [1.165, 1.54) is 0 Å². The Morgan fingerprint density at radius 1 is 1.03 bits per heavy atom. The molecule has 0 spiro atoms. The Morgan fingerprint density at radius 2 is 1.72 bits per heavy atom. The highest BCUT2D eigenvalue weighted by atomic mass is 16.2. The second kappa shape index (κ2) is 8.22. The maximum absolute atomic E-state index is 12.8. The highest BCUT2D eigenvalue weighted by molar-refractivity contribution is 5.97. The van der Waals surface area contributed by atoms with Gasteiger partial charge >= 0.3 is 6.03 Å². The Kier molecular flexibility index (Phi) is 5.33. The van der Waals surface area contributed by atoms with Crippen LogP contribution in [0.5, 0.6) is 0 Å². The van der Waals surface area contributed by atoms with Crippen molar-refractivity contribution in [1.29, 1.82) is 0 Å². The quantitative estimate of drug-likeness (QED) is 0.716. The molecule has 29 heavy (non-hydrogen) atoms. The minimum absolute atomic E-state index is 0.0287. The van der Waals surface area contributed by atoms with E-state index < -0.39 is 0 Å². The molecule has 2 aromatic heterocycles. The molecule has 8 heteroatoms. The number of carbonyl (C=O) groups is 2. The average Bonchev–Trinajstić information content (AvgIpc) is 3.38. The van der Waals surface area contributed by atoms with Crippen molar-refractivity contribution in [2.75, 3.05) is 18.4 Å². The summed E-state index contributed by atoms with van der Waals surface area (Å²) in [6.45, 7) is 1.20. The summed E-state index contributed by atoms with van der Waals surface area (Å²) < 4.78 is 3.56. The molecule has 0 saturated carbocycles. The number of aromatic nitrogens is 3. The van der Waals surface area contributed by atoms with Crippen LogP contribution in [0.3, 0.4) is 0 Å². The Hall–Kier alpha value is -3.55. The largest absolute Gasteiger partial charge is 0.349 e. The number of anilines is 1. The van der Waals surface area contributed by atoms with E-state index in [0.29, 0.717) is 31.5 Å². The Morgan fingerprint density at radius 3 is 2.41 bits per heavy atom. The number of carbonyl (C=O) groups excluding carboxylic acids is 2. The number of hydrogen-bond donors (Lipinski definition) is 2. The number of urea groups is 1. The molecule has 3 heterocycles. The van der Waals surface area contributed by atoms with Crippen molar-refractivity contribution in [2.24, 2.45) is 7.05 Å². The summed E-state index contributed by atoms with van der Waals surface area (Å²) in [5, 5.41) is 10.2. The number of para-hydroxylation sites is 1. The zero-order valence-electron chi connectivity index (χ0n) is 16.3. The number of amides is 3. The molecule has 4 rings (SSSR count). The summed E-state index contributed by atoms with van der Waals surface area (Å²) in [6, 6.07) is 13.1. The summed E-state index contributed by atoms with van der Waals surface area (Å²) in [4.78, 5) is 27.0. The summed E-state index contributed by atoms with van der Waals surface area (Å²) in [6.07, 6.45) is 6.79. The fourth-order valence-electron chi connectivity index (χ4n) is 3.59. The summed E-state index contributed by atoms with van der Waals surface area (Å²) in [7, 11) is 1.82. The van der Waals surface area contributed by atoms with Crippen molar-refractivity contribution in [3.05, 3.63) is 66.6 Å². The molecule has 0 atom stereocenters. The third kappa shape index (κ3) is 4.16. The van der Waals surface area contributed by atoms with Crippen LogP contribution in [-0.2, 0) is 7.05 Å². The lowest BCUT2D eigenvalue weighted by Crippen LogP contribution is -2.47. The molecule has 1 aliphatic heterocycles. The smallest absolute Gasteiger partial charge is 0.321 e. The fraction of sp³-hybridized carbons (Fsp3) is 0.286. The topological polar surface area (TPSA) is 84.2 Å². The van der Waals surface area contributed by atoms with Crippen LogP contribution in [0.25, 0.3) is 5.82 Å². The number of rotatable bonds is 4. The van der Waals surface area contributed by atoms with Crippen molar-refractivity contribution in [3.8, 4) is 5.82 Å². The second-order valence-electron chi connectivity index (χ2n) is 7.13. The van der Waals surface area contributed by atoms with E-state index in [0.717, 1.165) is 11.5 Å². The molecule has 3 amide bonds. The van der Waals surface area contributed by atoms with Crippen LogP contribution in [0, 0.1) is 0 Å². The van der Waals surface area contributed by atoms with Crippen LogP contribution in [-0.4, -0.2) is 50.3 Å². The van der Waals surface area contributed by atoms with Gasteiger partial charge in [0.05, 0.1) is 6.20 Å². The van der Waals surface area contributed by atoms with E-state index in [9.17, 15) is 9.59 Å². The first-order valence-electron chi connectivity index (χ1n) is 9.69. The van der Waals surface area contributed by atoms with Crippen LogP contribution in [0.15, 0.2) is 61.1 Å². The van der Waals surface area contributed by atoms with Gasteiger partial charge in [-0.1, -0.05) is 18.2 Å².